The molecule has 0 aliphatic heterocycles. The SMILES string of the molecule is COc1ccccc1-c1ccccc1C(C)N(c1cccnc1)c1cccnc1. The molecule has 0 bridgehead atoms. The molecule has 0 N–H and O–H groups in total. The molecule has 4 rings (SSSR count). The van der Waals surface area contributed by atoms with Gasteiger partial charge in [-0.3, -0.25) is 9.97 Å². The molecule has 0 saturated heterocycles. The van der Waals surface area contributed by atoms with E-state index in [1.54, 1.807) is 19.5 Å². The van der Waals surface area contributed by atoms with Crippen LogP contribution in [0.15, 0.2) is 97.6 Å². The topological polar surface area (TPSA) is 38.2 Å². The van der Waals surface area contributed by atoms with E-state index in [9.17, 15) is 0 Å². The van der Waals surface area contributed by atoms with Crippen molar-refractivity contribution in [3.05, 3.63) is 103 Å². The summed E-state index contributed by atoms with van der Waals surface area (Å²) in [6, 6.07) is 24.7. The van der Waals surface area contributed by atoms with Crippen molar-refractivity contribution in [2.75, 3.05) is 12.0 Å². The second-order valence-corrected chi connectivity index (χ2v) is 6.76. The number of hydrogen-bond acceptors (Lipinski definition) is 4. The first-order valence-corrected chi connectivity index (χ1v) is 9.61. The van der Waals surface area contributed by atoms with Gasteiger partial charge in [-0.05, 0) is 48.4 Å². The largest absolute Gasteiger partial charge is 0.496 e. The zero-order chi connectivity index (χ0) is 20.1. The molecule has 0 amide bonds. The maximum Gasteiger partial charge on any atom is 0.126 e. The summed E-state index contributed by atoms with van der Waals surface area (Å²) in [5.41, 5.74) is 5.46. The quantitative estimate of drug-likeness (QED) is 0.407. The van der Waals surface area contributed by atoms with Gasteiger partial charge in [0, 0.05) is 18.0 Å². The molecule has 0 saturated carbocycles. The lowest BCUT2D eigenvalue weighted by atomic mass is 9.93. The number of para-hydroxylation sites is 1. The molecule has 144 valence electrons. The van der Waals surface area contributed by atoms with Gasteiger partial charge in [-0.25, -0.2) is 0 Å². The Hall–Kier alpha value is -3.66. The zero-order valence-corrected chi connectivity index (χ0v) is 16.6. The second kappa shape index (κ2) is 8.57. The van der Waals surface area contributed by atoms with Crippen LogP contribution in [0.2, 0.25) is 0 Å². The average Bonchev–Trinajstić information content (AvgIpc) is 2.80. The molecule has 0 aliphatic carbocycles. The van der Waals surface area contributed by atoms with Crippen LogP contribution in [0.3, 0.4) is 0 Å². The molecular weight excluding hydrogens is 358 g/mol. The number of methoxy groups -OCH3 is 1. The smallest absolute Gasteiger partial charge is 0.126 e. The average molecular weight is 381 g/mol. The molecule has 1 atom stereocenters. The number of ether oxygens (including phenoxy) is 1. The third-order valence-electron chi connectivity index (χ3n) is 5.04. The van der Waals surface area contributed by atoms with E-state index in [4.69, 9.17) is 4.74 Å². The molecule has 4 nitrogen and oxygen atoms in total. The maximum atomic E-state index is 5.63. The van der Waals surface area contributed by atoms with Gasteiger partial charge in [0.05, 0.1) is 36.9 Å². The highest BCUT2D eigenvalue weighted by Crippen LogP contribution is 2.40. The van der Waals surface area contributed by atoms with Crippen LogP contribution in [0.1, 0.15) is 18.5 Å². The number of rotatable bonds is 6. The summed E-state index contributed by atoms with van der Waals surface area (Å²) in [6.07, 6.45) is 7.35. The lowest BCUT2D eigenvalue weighted by molar-refractivity contribution is 0.416. The molecule has 2 aromatic carbocycles. The maximum absolute atomic E-state index is 5.63. The molecule has 0 aliphatic rings. The number of pyridine rings is 2. The molecule has 1 unspecified atom stereocenters. The highest BCUT2D eigenvalue weighted by atomic mass is 16.5. The van der Waals surface area contributed by atoms with Gasteiger partial charge in [0.2, 0.25) is 0 Å². The summed E-state index contributed by atoms with van der Waals surface area (Å²) in [7, 11) is 1.71. The fraction of sp³-hybridized carbons (Fsp3) is 0.120. The van der Waals surface area contributed by atoms with Crippen molar-refractivity contribution in [2.24, 2.45) is 0 Å². The van der Waals surface area contributed by atoms with Crippen LogP contribution in [0.25, 0.3) is 11.1 Å². The van der Waals surface area contributed by atoms with Crippen LogP contribution >= 0.6 is 0 Å². The Morgan fingerprint density at radius 1 is 0.724 bits per heavy atom. The van der Waals surface area contributed by atoms with E-state index in [0.29, 0.717) is 0 Å². The Bertz CT molecular complexity index is 1030. The van der Waals surface area contributed by atoms with Gasteiger partial charge in [0.15, 0.2) is 0 Å². The van der Waals surface area contributed by atoms with Crippen LogP contribution in [0, 0.1) is 0 Å². The Morgan fingerprint density at radius 3 is 1.90 bits per heavy atom. The Morgan fingerprint density at radius 2 is 1.31 bits per heavy atom. The van der Waals surface area contributed by atoms with Crippen LogP contribution in [-0.2, 0) is 0 Å². The van der Waals surface area contributed by atoms with Crippen molar-refractivity contribution in [3.8, 4) is 16.9 Å². The van der Waals surface area contributed by atoms with E-state index >= 15 is 0 Å². The second-order valence-electron chi connectivity index (χ2n) is 6.76. The van der Waals surface area contributed by atoms with Crippen molar-refractivity contribution in [1.29, 1.82) is 0 Å². The normalized spacial score (nSPS) is 11.7. The minimum absolute atomic E-state index is 0.0458. The third-order valence-corrected chi connectivity index (χ3v) is 5.04. The lowest BCUT2D eigenvalue weighted by Gasteiger charge is -2.32. The van der Waals surface area contributed by atoms with Gasteiger partial charge < -0.3 is 9.64 Å². The summed E-state index contributed by atoms with van der Waals surface area (Å²) in [5.74, 6) is 0.862. The summed E-state index contributed by atoms with van der Waals surface area (Å²) < 4.78 is 5.63. The summed E-state index contributed by atoms with van der Waals surface area (Å²) in [6.45, 7) is 2.20. The number of aromatic nitrogens is 2. The third kappa shape index (κ3) is 3.83. The van der Waals surface area contributed by atoms with Crippen molar-refractivity contribution in [1.82, 2.24) is 9.97 Å². The first-order valence-electron chi connectivity index (χ1n) is 9.61. The van der Waals surface area contributed by atoms with Gasteiger partial charge >= 0.3 is 0 Å². The molecule has 0 radical (unpaired) electrons. The van der Waals surface area contributed by atoms with Crippen molar-refractivity contribution < 1.29 is 4.74 Å². The Labute approximate surface area is 171 Å². The minimum atomic E-state index is 0.0458. The van der Waals surface area contributed by atoms with Crippen LogP contribution < -0.4 is 9.64 Å². The van der Waals surface area contributed by atoms with Crippen LogP contribution in [0.4, 0.5) is 11.4 Å². The monoisotopic (exact) mass is 381 g/mol. The zero-order valence-electron chi connectivity index (χ0n) is 16.6. The first-order chi connectivity index (χ1) is 14.3. The molecule has 4 aromatic rings. The van der Waals surface area contributed by atoms with E-state index in [-0.39, 0.29) is 6.04 Å². The number of benzene rings is 2. The lowest BCUT2D eigenvalue weighted by Crippen LogP contribution is -2.22. The standard InChI is InChI=1S/C25H23N3O/c1-19(28(20-9-7-15-26-17-20)21-10-8-16-27-18-21)22-11-3-4-12-23(22)24-13-5-6-14-25(24)29-2/h3-19H,1-2H3. The molecule has 4 heteroatoms. The number of anilines is 2. The van der Waals surface area contributed by atoms with Crippen LogP contribution in [-0.4, -0.2) is 17.1 Å². The molecule has 2 heterocycles. The summed E-state index contributed by atoms with van der Waals surface area (Å²) >= 11 is 0. The Kier molecular flexibility index (Phi) is 5.52. The molecule has 2 aromatic heterocycles. The molecular formula is C25H23N3O. The highest BCUT2D eigenvalue weighted by Gasteiger charge is 2.22. The summed E-state index contributed by atoms with van der Waals surface area (Å²) in [4.78, 5) is 10.9. The predicted molar refractivity (Wildman–Crippen MR) is 117 cm³/mol. The van der Waals surface area contributed by atoms with E-state index in [0.717, 1.165) is 28.3 Å². The van der Waals surface area contributed by atoms with Gasteiger partial charge in [-0.2, -0.15) is 0 Å². The number of hydrogen-bond donors (Lipinski definition) is 0. The van der Waals surface area contributed by atoms with Gasteiger partial charge in [-0.1, -0.05) is 42.5 Å². The van der Waals surface area contributed by atoms with Crippen molar-refractivity contribution in [2.45, 2.75) is 13.0 Å². The highest BCUT2D eigenvalue weighted by molar-refractivity contribution is 5.75. The van der Waals surface area contributed by atoms with Crippen molar-refractivity contribution >= 4 is 11.4 Å². The van der Waals surface area contributed by atoms with E-state index in [2.05, 4.69) is 64.3 Å². The van der Waals surface area contributed by atoms with Gasteiger partial charge in [0.25, 0.3) is 0 Å². The van der Waals surface area contributed by atoms with E-state index in [1.165, 1.54) is 5.56 Å². The molecule has 0 fully saturated rings. The van der Waals surface area contributed by atoms with E-state index in [1.807, 2.05) is 42.7 Å². The fourth-order valence-electron chi connectivity index (χ4n) is 3.70. The summed E-state index contributed by atoms with van der Waals surface area (Å²) in [5, 5.41) is 0. The van der Waals surface area contributed by atoms with Crippen LogP contribution in [0.5, 0.6) is 5.75 Å². The van der Waals surface area contributed by atoms with Gasteiger partial charge in [-0.15, -0.1) is 0 Å². The fourth-order valence-corrected chi connectivity index (χ4v) is 3.70. The molecule has 29 heavy (non-hydrogen) atoms. The first kappa shape index (κ1) is 18.7. The minimum Gasteiger partial charge on any atom is -0.496 e. The van der Waals surface area contributed by atoms with Crippen molar-refractivity contribution in [3.63, 3.8) is 0 Å². The van der Waals surface area contributed by atoms with Gasteiger partial charge in [0.1, 0.15) is 5.75 Å². The Balaban J connectivity index is 1.85. The molecule has 0 spiro atoms. The predicted octanol–water partition coefficient (Wildman–Crippen LogP) is 6.05. The van der Waals surface area contributed by atoms with E-state index < -0.39 is 0 Å². The number of nitrogens with zero attached hydrogens (tertiary/aromatic N) is 3.